The molecule has 1 aromatic carbocycles. The van der Waals surface area contributed by atoms with Gasteiger partial charge >= 0.3 is 0 Å². The highest BCUT2D eigenvalue weighted by Gasteiger charge is 2.19. The molecule has 1 fully saturated rings. The first kappa shape index (κ1) is 16.8. The lowest BCUT2D eigenvalue weighted by atomic mass is 10.1. The molecule has 22 heavy (non-hydrogen) atoms. The Morgan fingerprint density at radius 3 is 3.14 bits per heavy atom. The SMILES string of the molecule is CCCOc1cccc(CNC(=O)CN2CCCC(O)C2)c1. The zero-order valence-corrected chi connectivity index (χ0v) is 13.3. The molecule has 1 amide bonds. The molecule has 122 valence electrons. The van der Waals surface area contributed by atoms with Crippen molar-refractivity contribution in [2.75, 3.05) is 26.2 Å². The summed E-state index contributed by atoms with van der Waals surface area (Å²) in [4.78, 5) is 14.0. The number of aliphatic hydroxyl groups is 1. The minimum absolute atomic E-state index is 0.00557. The Labute approximate surface area is 132 Å². The van der Waals surface area contributed by atoms with Crippen LogP contribution in [0.25, 0.3) is 0 Å². The number of hydrogen-bond acceptors (Lipinski definition) is 4. The minimum Gasteiger partial charge on any atom is -0.494 e. The van der Waals surface area contributed by atoms with Crippen molar-refractivity contribution in [3.63, 3.8) is 0 Å². The van der Waals surface area contributed by atoms with Crippen LogP contribution in [0, 0.1) is 0 Å². The molecule has 0 radical (unpaired) electrons. The summed E-state index contributed by atoms with van der Waals surface area (Å²) in [5.41, 5.74) is 1.03. The predicted octanol–water partition coefficient (Wildman–Crippen LogP) is 1.55. The molecule has 1 aliphatic heterocycles. The quantitative estimate of drug-likeness (QED) is 0.802. The van der Waals surface area contributed by atoms with Crippen molar-refractivity contribution in [1.29, 1.82) is 0 Å². The molecule has 1 aliphatic rings. The molecule has 0 saturated carbocycles. The van der Waals surface area contributed by atoms with Gasteiger partial charge in [-0.25, -0.2) is 0 Å². The van der Waals surface area contributed by atoms with Crippen LogP contribution < -0.4 is 10.1 Å². The summed E-state index contributed by atoms with van der Waals surface area (Å²) in [6.45, 7) is 5.09. The molecule has 0 aromatic heterocycles. The maximum absolute atomic E-state index is 12.0. The Balaban J connectivity index is 1.75. The molecule has 1 saturated heterocycles. The van der Waals surface area contributed by atoms with Crippen LogP contribution in [0.5, 0.6) is 5.75 Å². The van der Waals surface area contributed by atoms with Crippen molar-refractivity contribution in [1.82, 2.24) is 10.2 Å². The molecule has 2 rings (SSSR count). The summed E-state index contributed by atoms with van der Waals surface area (Å²) < 4.78 is 5.59. The molecule has 0 aliphatic carbocycles. The number of β-amino-alcohol motifs (C(OH)–C–C–N with tert-alkyl or cyclic N) is 1. The van der Waals surface area contributed by atoms with E-state index >= 15 is 0 Å². The van der Waals surface area contributed by atoms with E-state index in [1.807, 2.05) is 29.2 Å². The first-order valence-corrected chi connectivity index (χ1v) is 8.06. The zero-order chi connectivity index (χ0) is 15.8. The summed E-state index contributed by atoms with van der Waals surface area (Å²) in [6, 6.07) is 7.80. The van der Waals surface area contributed by atoms with Gasteiger partial charge in [0.15, 0.2) is 0 Å². The molecule has 1 atom stereocenters. The third kappa shape index (κ3) is 5.66. The van der Waals surface area contributed by atoms with Gasteiger partial charge in [-0.05, 0) is 43.5 Å². The highest BCUT2D eigenvalue weighted by atomic mass is 16.5. The second-order valence-corrected chi connectivity index (χ2v) is 5.80. The summed E-state index contributed by atoms with van der Waals surface area (Å²) in [6.07, 6.45) is 2.46. The highest BCUT2D eigenvalue weighted by molar-refractivity contribution is 5.78. The van der Waals surface area contributed by atoms with Crippen LogP contribution in [0.15, 0.2) is 24.3 Å². The second-order valence-electron chi connectivity index (χ2n) is 5.80. The van der Waals surface area contributed by atoms with Crippen LogP contribution in [0.3, 0.4) is 0 Å². The number of nitrogens with zero attached hydrogens (tertiary/aromatic N) is 1. The van der Waals surface area contributed by atoms with Gasteiger partial charge in [-0.2, -0.15) is 0 Å². The predicted molar refractivity (Wildman–Crippen MR) is 85.8 cm³/mol. The smallest absolute Gasteiger partial charge is 0.234 e. The fourth-order valence-electron chi connectivity index (χ4n) is 2.60. The summed E-state index contributed by atoms with van der Waals surface area (Å²) in [5, 5.41) is 12.5. The number of hydrogen-bond donors (Lipinski definition) is 2. The van der Waals surface area contributed by atoms with E-state index in [0.717, 1.165) is 37.1 Å². The Kier molecular flexibility index (Phi) is 6.68. The Bertz CT molecular complexity index is 479. The lowest BCUT2D eigenvalue weighted by molar-refractivity contribution is -0.123. The Morgan fingerprint density at radius 1 is 1.50 bits per heavy atom. The van der Waals surface area contributed by atoms with E-state index in [4.69, 9.17) is 4.74 Å². The number of nitrogens with one attached hydrogen (secondary N) is 1. The lowest BCUT2D eigenvalue weighted by Crippen LogP contribution is -2.44. The van der Waals surface area contributed by atoms with Crippen molar-refractivity contribution < 1.29 is 14.6 Å². The van der Waals surface area contributed by atoms with Crippen LogP contribution in [-0.4, -0.2) is 48.3 Å². The van der Waals surface area contributed by atoms with Crippen molar-refractivity contribution >= 4 is 5.91 Å². The number of piperidine rings is 1. The van der Waals surface area contributed by atoms with Crippen LogP contribution in [0.4, 0.5) is 0 Å². The Morgan fingerprint density at radius 2 is 2.36 bits per heavy atom. The number of ether oxygens (including phenoxy) is 1. The van der Waals surface area contributed by atoms with Crippen LogP contribution in [-0.2, 0) is 11.3 Å². The molecule has 1 aromatic rings. The number of amides is 1. The summed E-state index contributed by atoms with van der Waals surface area (Å²) in [5.74, 6) is 0.835. The zero-order valence-electron chi connectivity index (χ0n) is 13.3. The van der Waals surface area contributed by atoms with Crippen molar-refractivity contribution in [3.05, 3.63) is 29.8 Å². The molecule has 0 bridgehead atoms. The molecule has 2 N–H and O–H groups in total. The van der Waals surface area contributed by atoms with Crippen LogP contribution >= 0.6 is 0 Å². The number of benzene rings is 1. The van der Waals surface area contributed by atoms with Gasteiger partial charge < -0.3 is 15.2 Å². The van der Waals surface area contributed by atoms with E-state index in [2.05, 4.69) is 12.2 Å². The van der Waals surface area contributed by atoms with Gasteiger partial charge in [-0.3, -0.25) is 9.69 Å². The fourth-order valence-corrected chi connectivity index (χ4v) is 2.60. The maximum atomic E-state index is 12.0. The minimum atomic E-state index is -0.297. The van der Waals surface area contributed by atoms with Gasteiger partial charge in [0.1, 0.15) is 5.75 Å². The van der Waals surface area contributed by atoms with Crippen molar-refractivity contribution in [2.24, 2.45) is 0 Å². The van der Waals surface area contributed by atoms with E-state index in [-0.39, 0.29) is 12.0 Å². The Hall–Kier alpha value is -1.59. The topological polar surface area (TPSA) is 61.8 Å². The number of carbonyl (C=O) groups is 1. The number of rotatable bonds is 7. The monoisotopic (exact) mass is 306 g/mol. The third-order valence-electron chi connectivity index (χ3n) is 3.71. The van der Waals surface area contributed by atoms with E-state index in [0.29, 0.717) is 26.2 Å². The van der Waals surface area contributed by atoms with Gasteiger partial charge in [0.05, 0.1) is 19.3 Å². The van der Waals surface area contributed by atoms with E-state index in [1.54, 1.807) is 0 Å². The summed E-state index contributed by atoms with van der Waals surface area (Å²) in [7, 11) is 0. The van der Waals surface area contributed by atoms with Gasteiger partial charge in [-0.1, -0.05) is 19.1 Å². The molecule has 0 spiro atoms. The largest absolute Gasteiger partial charge is 0.494 e. The van der Waals surface area contributed by atoms with E-state index in [1.165, 1.54) is 0 Å². The normalized spacial score (nSPS) is 18.9. The van der Waals surface area contributed by atoms with E-state index < -0.39 is 0 Å². The first-order valence-electron chi connectivity index (χ1n) is 8.06. The van der Waals surface area contributed by atoms with E-state index in [9.17, 15) is 9.90 Å². The number of likely N-dealkylation sites (tertiary alicyclic amines) is 1. The average molecular weight is 306 g/mol. The van der Waals surface area contributed by atoms with Crippen LogP contribution in [0.1, 0.15) is 31.7 Å². The van der Waals surface area contributed by atoms with Gasteiger partial charge in [0.25, 0.3) is 0 Å². The lowest BCUT2D eigenvalue weighted by Gasteiger charge is -2.29. The molecule has 1 unspecified atom stereocenters. The standard InChI is InChI=1S/C17H26N2O3/c1-2-9-22-16-7-3-5-14(10-16)11-18-17(21)13-19-8-4-6-15(20)12-19/h3,5,7,10,15,20H,2,4,6,8-9,11-13H2,1H3,(H,18,21). The summed E-state index contributed by atoms with van der Waals surface area (Å²) >= 11 is 0. The number of aliphatic hydroxyl groups excluding tert-OH is 1. The van der Waals surface area contributed by atoms with Gasteiger partial charge in [0, 0.05) is 13.1 Å². The van der Waals surface area contributed by atoms with Crippen molar-refractivity contribution in [3.8, 4) is 5.75 Å². The van der Waals surface area contributed by atoms with Gasteiger partial charge in [-0.15, -0.1) is 0 Å². The fraction of sp³-hybridized carbons (Fsp3) is 0.588. The molecular formula is C17H26N2O3. The molecule has 1 heterocycles. The molecule has 5 heteroatoms. The highest BCUT2D eigenvalue weighted by Crippen LogP contribution is 2.13. The number of carbonyl (C=O) groups excluding carboxylic acids is 1. The molecule has 5 nitrogen and oxygen atoms in total. The first-order chi connectivity index (χ1) is 10.7. The second kappa shape index (κ2) is 8.76. The van der Waals surface area contributed by atoms with Crippen molar-refractivity contribution in [2.45, 2.75) is 38.8 Å². The van der Waals surface area contributed by atoms with Crippen LogP contribution in [0.2, 0.25) is 0 Å². The third-order valence-corrected chi connectivity index (χ3v) is 3.71. The average Bonchev–Trinajstić information content (AvgIpc) is 2.51. The maximum Gasteiger partial charge on any atom is 0.234 e. The molecular weight excluding hydrogens is 280 g/mol. The van der Waals surface area contributed by atoms with Gasteiger partial charge in [0.2, 0.25) is 5.91 Å².